The first-order chi connectivity index (χ1) is 12.2. The highest BCUT2D eigenvalue weighted by Crippen LogP contribution is 2.41. The Morgan fingerprint density at radius 1 is 1.16 bits per heavy atom. The van der Waals surface area contributed by atoms with Crippen LogP contribution < -0.4 is 0 Å². The van der Waals surface area contributed by atoms with Gasteiger partial charge in [0.15, 0.2) is 0 Å². The van der Waals surface area contributed by atoms with E-state index < -0.39 is 0 Å². The molecule has 1 unspecified atom stereocenters. The molecule has 1 aliphatic heterocycles. The molecule has 2 aromatic carbocycles. The fourth-order valence-corrected chi connectivity index (χ4v) is 4.46. The maximum absolute atomic E-state index is 9.98. The minimum atomic E-state index is 0.0739. The molecule has 0 bridgehead atoms. The van der Waals surface area contributed by atoms with Crippen LogP contribution in [0.2, 0.25) is 0 Å². The lowest BCUT2D eigenvalue weighted by Crippen LogP contribution is -2.53. The third-order valence-electron chi connectivity index (χ3n) is 5.56. The van der Waals surface area contributed by atoms with Crippen molar-refractivity contribution in [3.8, 4) is 5.75 Å². The molecule has 1 aliphatic carbocycles. The second-order valence-corrected chi connectivity index (χ2v) is 7.35. The number of hydrogen-bond acceptors (Lipinski definition) is 3. The number of nitrogens with zero attached hydrogens (tertiary/aromatic N) is 1. The largest absolute Gasteiger partial charge is 0.508 e. The number of fused-ring (bicyclic) bond motifs is 3. The van der Waals surface area contributed by atoms with E-state index in [1.807, 2.05) is 6.07 Å². The first-order valence-corrected chi connectivity index (χ1v) is 9.50. The van der Waals surface area contributed by atoms with E-state index in [1.54, 1.807) is 6.07 Å². The fourth-order valence-electron chi connectivity index (χ4n) is 4.46. The monoisotopic (exact) mass is 337 g/mol. The Balaban J connectivity index is 1.61. The molecule has 132 valence electrons. The third-order valence-corrected chi connectivity index (χ3v) is 5.56. The van der Waals surface area contributed by atoms with Gasteiger partial charge in [0, 0.05) is 12.6 Å². The van der Waals surface area contributed by atoms with Crippen molar-refractivity contribution in [3.05, 3.63) is 65.2 Å². The van der Waals surface area contributed by atoms with Crippen molar-refractivity contribution in [3.63, 3.8) is 0 Å². The van der Waals surface area contributed by atoms with Crippen molar-refractivity contribution < 1.29 is 9.84 Å². The van der Waals surface area contributed by atoms with Crippen LogP contribution >= 0.6 is 0 Å². The Hall–Kier alpha value is -1.84. The molecule has 1 heterocycles. The Morgan fingerprint density at radius 2 is 2.00 bits per heavy atom. The lowest BCUT2D eigenvalue weighted by molar-refractivity contribution is -0.127. The minimum Gasteiger partial charge on any atom is -0.508 e. The molecule has 0 spiro atoms. The van der Waals surface area contributed by atoms with Crippen molar-refractivity contribution >= 4 is 0 Å². The van der Waals surface area contributed by atoms with Gasteiger partial charge in [0.2, 0.25) is 0 Å². The highest BCUT2D eigenvalue weighted by Gasteiger charge is 2.40. The summed E-state index contributed by atoms with van der Waals surface area (Å²) in [6, 6.07) is 16.8. The number of benzene rings is 2. The van der Waals surface area contributed by atoms with Gasteiger partial charge in [-0.3, -0.25) is 4.90 Å². The van der Waals surface area contributed by atoms with E-state index in [0.717, 1.165) is 38.8 Å². The summed E-state index contributed by atoms with van der Waals surface area (Å²) in [5, 5.41) is 9.98. The van der Waals surface area contributed by atoms with E-state index in [9.17, 15) is 5.11 Å². The van der Waals surface area contributed by atoms with Gasteiger partial charge in [-0.1, -0.05) is 43.3 Å². The Bertz CT molecular complexity index is 715. The lowest BCUT2D eigenvalue weighted by atomic mass is 9.83. The highest BCUT2D eigenvalue weighted by atomic mass is 16.5. The maximum atomic E-state index is 9.98. The number of ether oxygens (including phenoxy) is 1. The zero-order valence-corrected chi connectivity index (χ0v) is 14.9. The summed E-state index contributed by atoms with van der Waals surface area (Å²) < 4.78 is 6.60. The van der Waals surface area contributed by atoms with Gasteiger partial charge < -0.3 is 9.84 Å². The van der Waals surface area contributed by atoms with E-state index in [1.165, 1.54) is 16.7 Å². The van der Waals surface area contributed by atoms with Crippen LogP contribution in [0, 0.1) is 0 Å². The van der Waals surface area contributed by atoms with Gasteiger partial charge in [0.25, 0.3) is 0 Å². The zero-order chi connectivity index (χ0) is 17.2. The summed E-state index contributed by atoms with van der Waals surface area (Å²) in [5.74, 6) is 0.343. The number of phenolic OH excluding ortho intramolecular Hbond substituents is 1. The predicted molar refractivity (Wildman–Crippen MR) is 99.8 cm³/mol. The van der Waals surface area contributed by atoms with Crippen molar-refractivity contribution in [2.75, 3.05) is 13.1 Å². The van der Waals surface area contributed by atoms with Crippen molar-refractivity contribution in [2.24, 2.45) is 0 Å². The van der Waals surface area contributed by atoms with Crippen molar-refractivity contribution in [2.45, 2.75) is 50.9 Å². The highest BCUT2D eigenvalue weighted by molar-refractivity contribution is 5.39. The van der Waals surface area contributed by atoms with E-state index in [2.05, 4.69) is 48.2 Å². The molecule has 1 N–H and O–H groups in total. The molecule has 2 aliphatic rings. The standard InChI is InChI=1S/C22H27NO2/c1-2-12-23-15-19(13-16-6-4-3-5-7-16)25-22-20-14-18(24)10-8-17(20)9-11-21(22)23/h3-8,10,14,19,21-22,24H,2,9,11-13,15H2,1H3/t19?,21-,22-/m1/s1. The van der Waals surface area contributed by atoms with Gasteiger partial charge in [-0.15, -0.1) is 0 Å². The zero-order valence-electron chi connectivity index (χ0n) is 14.9. The van der Waals surface area contributed by atoms with Crippen LogP contribution in [0.3, 0.4) is 0 Å². The van der Waals surface area contributed by atoms with E-state index in [0.29, 0.717) is 11.8 Å². The van der Waals surface area contributed by atoms with Gasteiger partial charge in [-0.2, -0.15) is 0 Å². The van der Waals surface area contributed by atoms with Gasteiger partial charge in [-0.25, -0.2) is 0 Å². The first kappa shape index (κ1) is 16.6. The maximum Gasteiger partial charge on any atom is 0.115 e. The summed E-state index contributed by atoms with van der Waals surface area (Å²) in [4.78, 5) is 2.62. The molecule has 3 atom stereocenters. The second-order valence-electron chi connectivity index (χ2n) is 7.35. The molecule has 3 nitrogen and oxygen atoms in total. The smallest absolute Gasteiger partial charge is 0.115 e. The SMILES string of the molecule is CCCN1CC(Cc2ccccc2)O[C@@H]2c3cc(O)ccc3CC[C@H]21. The molecule has 0 radical (unpaired) electrons. The third kappa shape index (κ3) is 3.44. The average Bonchev–Trinajstić information content (AvgIpc) is 2.63. The normalized spacial score (nSPS) is 26.0. The minimum absolute atomic E-state index is 0.0739. The van der Waals surface area contributed by atoms with Crippen LogP contribution in [-0.2, 0) is 17.6 Å². The van der Waals surface area contributed by atoms with E-state index >= 15 is 0 Å². The first-order valence-electron chi connectivity index (χ1n) is 9.50. The van der Waals surface area contributed by atoms with Gasteiger partial charge >= 0.3 is 0 Å². The Labute approximate surface area is 150 Å². The van der Waals surface area contributed by atoms with Crippen LogP contribution in [-0.4, -0.2) is 35.2 Å². The molecule has 0 amide bonds. The number of aryl methyl sites for hydroxylation is 1. The van der Waals surface area contributed by atoms with E-state index in [4.69, 9.17) is 4.74 Å². The molecule has 25 heavy (non-hydrogen) atoms. The summed E-state index contributed by atoms with van der Waals surface area (Å²) in [7, 11) is 0. The molecule has 0 aromatic heterocycles. The predicted octanol–water partition coefficient (Wildman–Crippen LogP) is 4.10. The number of aromatic hydroxyl groups is 1. The average molecular weight is 337 g/mol. The molecule has 2 aromatic rings. The second kappa shape index (κ2) is 7.19. The summed E-state index contributed by atoms with van der Waals surface area (Å²) >= 11 is 0. The van der Waals surface area contributed by atoms with Crippen LogP contribution in [0.25, 0.3) is 0 Å². The fraction of sp³-hybridized carbons (Fsp3) is 0.455. The van der Waals surface area contributed by atoms with Crippen LogP contribution in [0.4, 0.5) is 0 Å². The van der Waals surface area contributed by atoms with Gasteiger partial charge in [-0.05, 0) is 61.1 Å². The molecular formula is C22H27NO2. The van der Waals surface area contributed by atoms with Crippen molar-refractivity contribution in [1.82, 2.24) is 4.90 Å². The molecular weight excluding hydrogens is 310 g/mol. The van der Waals surface area contributed by atoms with Crippen LogP contribution in [0.15, 0.2) is 48.5 Å². The topological polar surface area (TPSA) is 32.7 Å². The lowest BCUT2D eigenvalue weighted by Gasteiger charge is -2.47. The molecule has 1 saturated heterocycles. The van der Waals surface area contributed by atoms with Crippen molar-refractivity contribution in [1.29, 1.82) is 0 Å². The summed E-state index contributed by atoms with van der Waals surface area (Å²) in [6.45, 7) is 4.36. The summed E-state index contributed by atoms with van der Waals surface area (Å²) in [6.07, 6.45) is 4.59. The summed E-state index contributed by atoms with van der Waals surface area (Å²) in [5.41, 5.74) is 3.85. The van der Waals surface area contributed by atoms with Crippen LogP contribution in [0.5, 0.6) is 5.75 Å². The van der Waals surface area contributed by atoms with E-state index in [-0.39, 0.29) is 12.2 Å². The van der Waals surface area contributed by atoms with Gasteiger partial charge in [0.05, 0.1) is 12.2 Å². The Morgan fingerprint density at radius 3 is 2.80 bits per heavy atom. The molecule has 0 saturated carbocycles. The number of rotatable bonds is 4. The Kier molecular flexibility index (Phi) is 4.78. The number of hydrogen-bond donors (Lipinski definition) is 1. The molecule has 4 rings (SSSR count). The van der Waals surface area contributed by atoms with Crippen LogP contribution in [0.1, 0.15) is 42.6 Å². The quantitative estimate of drug-likeness (QED) is 0.912. The molecule has 3 heteroatoms. The van der Waals surface area contributed by atoms with Gasteiger partial charge in [0.1, 0.15) is 5.75 Å². The molecule has 1 fully saturated rings. The number of morpholine rings is 1. The number of phenols is 1.